The normalized spacial score (nSPS) is 15.7. The van der Waals surface area contributed by atoms with Gasteiger partial charge in [-0.3, -0.25) is 0 Å². The molecule has 5 aliphatic heterocycles. The Labute approximate surface area is 603 Å². The van der Waals surface area contributed by atoms with Crippen LogP contribution < -0.4 is 57.0 Å². The van der Waals surface area contributed by atoms with Gasteiger partial charge in [-0.1, -0.05) is 284 Å². The molecule has 0 unspecified atom stereocenters. The molecule has 5 nitrogen and oxygen atoms in total. The molecule has 0 atom stereocenters. The van der Waals surface area contributed by atoms with Crippen molar-refractivity contribution in [1.82, 2.24) is 0 Å². The predicted molar refractivity (Wildman–Crippen MR) is 416 cm³/mol. The summed E-state index contributed by atoms with van der Waals surface area (Å²) in [4.78, 5) is 5.76. The Morgan fingerprint density at radius 2 is 0.828 bits per heavy atom. The van der Waals surface area contributed by atoms with Gasteiger partial charge in [-0.2, -0.15) is 0 Å². The number of rotatable bonds is 9. The Kier molecular flexibility index (Phi) is 9.98. The first kappa shape index (κ1) is 44.1. The highest BCUT2D eigenvalue weighted by molar-refractivity contribution is 7.04. The second kappa shape index (κ2) is 22.4. The molecule has 0 N–H and O–H groups in total. The predicted octanol–water partition coefficient (Wildman–Crippen LogP) is 20.9. The lowest BCUT2D eigenvalue weighted by Gasteiger charge is -2.49. The van der Waals surface area contributed by atoms with Crippen molar-refractivity contribution >= 4 is 97.4 Å². The minimum Gasteiger partial charge on any atom is -0.459 e. The summed E-state index contributed by atoms with van der Waals surface area (Å²) in [6.45, 7) is 10.0. The first-order chi connectivity index (χ1) is 55.1. The van der Waals surface area contributed by atoms with Crippen LogP contribution in [0.3, 0.4) is 0 Å². The summed E-state index contributed by atoms with van der Waals surface area (Å²) in [7, 11) is 0. The summed E-state index contributed by atoms with van der Waals surface area (Å²) in [5.41, 5.74) is 8.52. The molecule has 470 valence electrons. The molecule has 0 saturated heterocycles. The van der Waals surface area contributed by atoms with E-state index >= 15 is 0 Å². The number of ether oxygens (including phenoxy) is 2. The number of anilines is 9. The Balaban J connectivity index is 1.08. The Hall–Kier alpha value is -11.8. The summed E-state index contributed by atoms with van der Waals surface area (Å²) >= 11 is 0. The smallest absolute Gasteiger partial charge is 0.266 e. The molecule has 0 aliphatic carbocycles. The van der Waals surface area contributed by atoms with Gasteiger partial charge < -0.3 is 24.2 Å². The van der Waals surface area contributed by atoms with Gasteiger partial charge in [0.15, 0.2) is 0 Å². The standard InChI is InChI=1S/C92H69B2N3O2/c1-91(2,3)66-48-50-74(71(54-66)63-39-23-12-24-40-63)96-78-56-67(92(4,5)6)55-77-84(78)93(72-49-47-64(58-29-13-7-14-30-58)51-76(72)95(77)73-44-26-25-41-68(73)60-33-17-9-18-34-60)86-79(96)57-80-87-90(86)99-83-53-65(59-31-15-8-16-32-59)52-82-88(83)94(87)85-75(45-28-46-81(85)98-82)97(80)89-69(61-35-19-10-20-36-61)42-27-43-70(89)62-37-21-11-22-38-62/h7-57H,1-6H3/i7D,13D,14D,27D,28D,29D,30D,42D,43D,46D,47D,49D,51D,52D,53D,57D. The van der Waals surface area contributed by atoms with E-state index in [0.717, 1.165) is 27.8 Å². The first-order valence-electron chi connectivity index (χ1n) is 41.4. The van der Waals surface area contributed by atoms with Crippen molar-refractivity contribution in [1.29, 1.82) is 0 Å². The molecule has 0 saturated carbocycles. The van der Waals surface area contributed by atoms with Crippen LogP contribution in [0.15, 0.2) is 309 Å². The number of fused-ring (bicyclic) bond motifs is 5. The molecule has 14 aromatic carbocycles. The van der Waals surface area contributed by atoms with Crippen LogP contribution in [0.5, 0.6) is 23.0 Å². The van der Waals surface area contributed by atoms with Gasteiger partial charge in [0.2, 0.25) is 0 Å². The van der Waals surface area contributed by atoms with Gasteiger partial charge in [-0.05, 0) is 160 Å². The molecule has 0 aromatic heterocycles. The lowest BCUT2D eigenvalue weighted by atomic mass is 9.29. The van der Waals surface area contributed by atoms with Crippen LogP contribution >= 0.6 is 0 Å². The van der Waals surface area contributed by atoms with Crippen LogP contribution in [0.2, 0.25) is 0 Å². The molecule has 0 radical (unpaired) electrons. The molecule has 99 heavy (non-hydrogen) atoms. The molecule has 5 aliphatic rings. The summed E-state index contributed by atoms with van der Waals surface area (Å²) in [5, 5.41) is 0. The van der Waals surface area contributed by atoms with Crippen molar-refractivity contribution in [3.8, 4) is 89.8 Å². The Bertz CT molecular complexity index is 6510. The third kappa shape index (κ3) is 9.24. The van der Waals surface area contributed by atoms with Crippen LogP contribution in [-0.2, 0) is 10.8 Å². The third-order valence-electron chi connectivity index (χ3n) is 19.9. The van der Waals surface area contributed by atoms with Crippen molar-refractivity contribution in [2.75, 3.05) is 14.7 Å². The fourth-order valence-electron chi connectivity index (χ4n) is 15.3. The monoisotopic (exact) mass is 1290 g/mol. The van der Waals surface area contributed by atoms with Crippen LogP contribution in [0, 0.1) is 0 Å². The van der Waals surface area contributed by atoms with Gasteiger partial charge in [0.05, 0.1) is 39.0 Å². The molecule has 0 bridgehead atoms. The summed E-state index contributed by atoms with van der Waals surface area (Å²) in [5.74, 6) is -0.241. The molecule has 7 heteroatoms. The highest BCUT2D eigenvalue weighted by Crippen LogP contribution is 2.57. The second-order valence-corrected chi connectivity index (χ2v) is 27.8. The molecular formula is C92H69B2N3O2. The molecule has 14 aromatic rings. The highest BCUT2D eigenvalue weighted by Gasteiger charge is 2.54. The van der Waals surface area contributed by atoms with Gasteiger partial charge in [0, 0.05) is 61.8 Å². The zero-order valence-electron chi connectivity index (χ0n) is 71.0. The third-order valence-corrected chi connectivity index (χ3v) is 19.9. The van der Waals surface area contributed by atoms with E-state index in [1.54, 1.807) is 29.2 Å². The molecule has 0 amide bonds. The van der Waals surface area contributed by atoms with E-state index in [9.17, 15) is 17.8 Å². The van der Waals surface area contributed by atoms with E-state index in [-0.39, 0.29) is 138 Å². The fraction of sp³-hybridized carbons (Fsp3) is 0.0870. The lowest BCUT2D eigenvalue weighted by molar-refractivity contribution is 0.466. The maximum atomic E-state index is 12.3. The van der Waals surface area contributed by atoms with E-state index in [4.69, 9.17) is 13.6 Å². The minimum atomic E-state index is -1.41. The maximum Gasteiger partial charge on any atom is 0.266 e. The number of para-hydroxylation sites is 2. The van der Waals surface area contributed by atoms with Gasteiger partial charge in [0.25, 0.3) is 13.4 Å². The average molecular weight is 1290 g/mol. The van der Waals surface area contributed by atoms with E-state index in [1.165, 1.54) is 6.07 Å². The second-order valence-electron chi connectivity index (χ2n) is 27.8. The van der Waals surface area contributed by atoms with Gasteiger partial charge >= 0.3 is 0 Å². The van der Waals surface area contributed by atoms with E-state index in [0.29, 0.717) is 50.5 Å². The van der Waals surface area contributed by atoms with Crippen molar-refractivity contribution < 1.29 is 31.4 Å². The topological polar surface area (TPSA) is 28.2 Å². The SMILES string of the molecule is [2H]c1cc2c3c(c1[2H])Oc1c([2H])c(-c4ccccc4)c([2H])c4c1B3c1c(c3c(c([2H])c1N2c1c(-c2ccccc2)c([2H])c([2H])c([2H])c1-c1ccccc1)N(c1ccc(C(C)(C)C)cc1-c1ccccc1)c1cc(C(C)(C)C)cc2c1B3c1c([2H])c([2H])c(-c3c([2H])c([2H])c([2H])c([2H])c3[2H])c([2H])c1N2c1ccccc1-c1ccccc1)O4. The number of benzene rings is 14. The van der Waals surface area contributed by atoms with Gasteiger partial charge in [-0.25, -0.2) is 0 Å². The van der Waals surface area contributed by atoms with Gasteiger partial charge in [-0.15, -0.1) is 0 Å². The van der Waals surface area contributed by atoms with Crippen molar-refractivity contribution in [3.05, 3.63) is 320 Å². The molecular weight excluding hydrogens is 1200 g/mol. The zero-order chi connectivity index (χ0) is 80.3. The molecule has 19 rings (SSSR count). The van der Waals surface area contributed by atoms with Gasteiger partial charge in [0.1, 0.15) is 23.0 Å². The van der Waals surface area contributed by atoms with Crippen molar-refractivity contribution in [3.63, 3.8) is 0 Å². The van der Waals surface area contributed by atoms with Crippen molar-refractivity contribution in [2.45, 2.75) is 52.4 Å². The van der Waals surface area contributed by atoms with Crippen LogP contribution in [0.25, 0.3) is 66.8 Å². The zero-order valence-corrected chi connectivity index (χ0v) is 55.0. The molecule has 0 fully saturated rings. The largest absolute Gasteiger partial charge is 0.459 e. The van der Waals surface area contributed by atoms with Crippen LogP contribution in [0.4, 0.5) is 51.2 Å². The Morgan fingerprint density at radius 3 is 1.45 bits per heavy atom. The Morgan fingerprint density at radius 1 is 0.293 bits per heavy atom. The first-order valence-corrected chi connectivity index (χ1v) is 33.4. The number of hydrogen-bond acceptors (Lipinski definition) is 5. The lowest BCUT2D eigenvalue weighted by Crippen LogP contribution is -2.66. The molecule has 0 spiro atoms. The summed E-state index contributed by atoms with van der Waals surface area (Å²) in [6, 6.07) is 58.9. The number of nitrogens with zero attached hydrogens (tertiary/aromatic N) is 3. The summed E-state index contributed by atoms with van der Waals surface area (Å²) in [6.07, 6.45) is 0. The highest BCUT2D eigenvalue weighted by atomic mass is 16.5. The minimum absolute atomic E-state index is 0.00420. The molecule has 5 heterocycles. The van der Waals surface area contributed by atoms with Crippen LogP contribution in [0.1, 0.15) is 74.6 Å². The van der Waals surface area contributed by atoms with E-state index in [1.807, 2.05) is 157 Å². The van der Waals surface area contributed by atoms with E-state index < -0.39 is 89.8 Å². The fourth-order valence-corrected chi connectivity index (χ4v) is 15.3. The van der Waals surface area contributed by atoms with E-state index in [2.05, 4.69) is 76.8 Å². The van der Waals surface area contributed by atoms with Crippen molar-refractivity contribution in [2.24, 2.45) is 0 Å². The average Bonchev–Trinajstić information content (AvgIpc) is 0.656. The van der Waals surface area contributed by atoms with Crippen LogP contribution in [-0.4, -0.2) is 13.4 Å². The maximum absolute atomic E-state index is 12.3. The summed E-state index contributed by atoms with van der Waals surface area (Å²) < 4.78 is 179. The quantitative estimate of drug-likeness (QED) is 0.134. The number of hydrogen-bond donors (Lipinski definition) is 0.